The van der Waals surface area contributed by atoms with Gasteiger partial charge in [0.15, 0.2) is 11.9 Å². The molecule has 4 rings (SSSR count). The number of Topliss-reactive ketones (excluding diaryl/α,β-unsaturated/α-hetero) is 1. The summed E-state index contributed by atoms with van der Waals surface area (Å²) in [6.07, 6.45) is 0.0167. The topological polar surface area (TPSA) is 68.7 Å². The zero-order chi connectivity index (χ0) is 22.0. The molecule has 0 saturated heterocycles. The van der Waals surface area contributed by atoms with Crippen LogP contribution in [-0.2, 0) is 16.0 Å². The summed E-state index contributed by atoms with van der Waals surface area (Å²) in [5.74, 6) is -0.484. The van der Waals surface area contributed by atoms with E-state index >= 15 is 0 Å². The van der Waals surface area contributed by atoms with Crippen molar-refractivity contribution in [2.24, 2.45) is 0 Å². The van der Waals surface area contributed by atoms with Gasteiger partial charge in [-0.25, -0.2) is 9.37 Å². The summed E-state index contributed by atoms with van der Waals surface area (Å²) in [6.45, 7) is 2.08. The van der Waals surface area contributed by atoms with Gasteiger partial charge in [-0.1, -0.05) is 0 Å². The lowest BCUT2D eigenvalue weighted by atomic mass is 10.1. The molecule has 2 heterocycles. The fourth-order valence-electron chi connectivity index (χ4n) is 3.35. The minimum atomic E-state index is -0.709. The molecule has 3 aromatic rings. The van der Waals surface area contributed by atoms with Gasteiger partial charge in [0.1, 0.15) is 11.6 Å². The van der Waals surface area contributed by atoms with Gasteiger partial charge < -0.3 is 9.47 Å². The van der Waals surface area contributed by atoms with Crippen LogP contribution in [0, 0.1) is 5.82 Å². The van der Waals surface area contributed by atoms with Crippen LogP contribution in [-0.4, -0.2) is 43.0 Å². The molecule has 160 valence electrons. The number of ketones is 1. The van der Waals surface area contributed by atoms with Crippen LogP contribution < -0.4 is 9.64 Å². The third-order valence-electron chi connectivity index (χ3n) is 5.00. The Balaban J connectivity index is 1.64. The molecule has 6 nitrogen and oxygen atoms in total. The van der Waals surface area contributed by atoms with Crippen molar-refractivity contribution in [2.75, 3.05) is 25.2 Å². The van der Waals surface area contributed by atoms with E-state index in [0.717, 1.165) is 22.7 Å². The zero-order valence-electron chi connectivity index (χ0n) is 17.1. The van der Waals surface area contributed by atoms with Crippen molar-refractivity contribution < 1.29 is 23.5 Å². The molecule has 0 spiro atoms. The molecule has 0 radical (unpaired) electrons. The molecule has 0 bridgehead atoms. The van der Waals surface area contributed by atoms with E-state index in [1.165, 1.54) is 29.2 Å². The maximum Gasteiger partial charge on any atom is 0.268 e. The number of hydrogen-bond acceptors (Lipinski definition) is 6. The lowest BCUT2D eigenvalue weighted by Gasteiger charge is -2.33. The van der Waals surface area contributed by atoms with E-state index in [1.54, 1.807) is 31.4 Å². The molecule has 1 atom stereocenters. The summed E-state index contributed by atoms with van der Waals surface area (Å²) >= 11 is 1.54. The van der Waals surface area contributed by atoms with Crippen LogP contribution in [0.15, 0.2) is 47.8 Å². The highest BCUT2D eigenvalue weighted by molar-refractivity contribution is 7.09. The first-order chi connectivity index (χ1) is 15.0. The highest BCUT2D eigenvalue weighted by Gasteiger charge is 2.33. The second kappa shape index (κ2) is 8.95. The normalized spacial score (nSPS) is 15.5. The maximum atomic E-state index is 13.2. The smallest absolute Gasteiger partial charge is 0.268 e. The second-order valence-electron chi connectivity index (χ2n) is 7.17. The molecule has 0 aliphatic carbocycles. The number of fused-ring (bicyclic) bond motifs is 1. The molecular formula is C23H21FN2O4S. The summed E-state index contributed by atoms with van der Waals surface area (Å²) in [5, 5.41) is 2.91. The SMILES string of the molecule is COCCc1nc(-c2ccc3c(c2)N(CC(=O)c2ccc(F)cc2)C(=O)C(C)O3)cs1. The number of aromatic nitrogens is 1. The highest BCUT2D eigenvalue weighted by atomic mass is 32.1. The van der Waals surface area contributed by atoms with E-state index in [-0.39, 0.29) is 18.2 Å². The van der Waals surface area contributed by atoms with Crippen molar-refractivity contribution in [3.05, 3.63) is 64.2 Å². The van der Waals surface area contributed by atoms with E-state index in [4.69, 9.17) is 9.47 Å². The van der Waals surface area contributed by atoms with Crippen molar-refractivity contribution >= 4 is 28.7 Å². The van der Waals surface area contributed by atoms with Gasteiger partial charge >= 0.3 is 0 Å². The Bertz CT molecular complexity index is 1110. The van der Waals surface area contributed by atoms with Gasteiger partial charge in [-0.15, -0.1) is 11.3 Å². The number of benzene rings is 2. The largest absolute Gasteiger partial charge is 0.479 e. The van der Waals surface area contributed by atoms with Gasteiger partial charge in [-0.3, -0.25) is 14.5 Å². The molecule has 31 heavy (non-hydrogen) atoms. The van der Waals surface area contributed by atoms with Gasteiger partial charge in [0, 0.05) is 30.0 Å². The first kappa shape index (κ1) is 21.1. The van der Waals surface area contributed by atoms with Crippen LogP contribution in [0.25, 0.3) is 11.3 Å². The van der Waals surface area contributed by atoms with Gasteiger partial charge in [0.05, 0.1) is 29.5 Å². The third-order valence-corrected chi connectivity index (χ3v) is 5.91. The molecule has 8 heteroatoms. The Kier molecular flexibility index (Phi) is 6.11. The molecule has 1 aliphatic heterocycles. The summed E-state index contributed by atoms with van der Waals surface area (Å²) in [4.78, 5) is 31.7. The summed E-state index contributed by atoms with van der Waals surface area (Å²) in [7, 11) is 1.65. The maximum absolute atomic E-state index is 13.2. The molecule has 2 aromatic carbocycles. The Morgan fingerprint density at radius 2 is 2.03 bits per heavy atom. The summed E-state index contributed by atoms with van der Waals surface area (Å²) in [5.41, 5.74) is 2.47. The monoisotopic (exact) mass is 440 g/mol. The Labute approximate surface area is 183 Å². The summed E-state index contributed by atoms with van der Waals surface area (Å²) < 4.78 is 24.0. The molecule has 0 N–H and O–H groups in total. The number of carbonyl (C=O) groups excluding carboxylic acids is 2. The number of anilines is 1. The van der Waals surface area contributed by atoms with Crippen LogP contribution in [0.1, 0.15) is 22.3 Å². The van der Waals surface area contributed by atoms with E-state index in [2.05, 4.69) is 4.98 Å². The Morgan fingerprint density at radius 1 is 1.26 bits per heavy atom. The fourth-order valence-corrected chi connectivity index (χ4v) is 4.14. The standard InChI is InChI=1S/C23H21FN2O4S/c1-14-23(28)26(12-20(27)15-3-6-17(24)7-4-15)19-11-16(5-8-21(19)30-14)18-13-31-22(25-18)9-10-29-2/h3-8,11,13-14H,9-10,12H2,1-2H3. The zero-order valence-corrected chi connectivity index (χ0v) is 17.9. The average molecular weight is 440 g/mol. The number of amides is 1. The molecular weight excluding hydrogens is 419 g/mol. The number of rotatable bonds is 7. The third kappa shape index (κ3) is 4.50. The van der Waals surface area contributed by atoms with Gasteiger partial charge in [-0.05, 0) is 49.4 Å². The van der Waals surface area contributed by atoms with Crippen LogP contribution >= 0.6 is 11.3 Å². The highest BCUT2D eigenvalue weighted by Crippen LogP contribution is 2.38. The molecule has 0 saturated carbocycles. The molecule has 1 amide bonds. The van der Waals surface area contributed by atoms with E-state index < -0.39 is 11.9 Å². The first-order valence-corrected chi connectivity index (χ1v) is 10.7. The van der Waals surface area contributed by atoms with Crippen LogP contribution in [0.4, 0.5) is 10.1 Å². The van der Waals surface area contributed by atoms with Gasteiger partial charge in [0.2, 0.25) is 0 Å². The average Bonchev–Trinajstić information content (AvgIpc) is 3.24. The number of ether oxygens (including phenoxy) is 2. The van der Waals surface area contributed by atoms with E-state index in [1.807, 2.05) is 17.5 Å². The van der Waals surface area contributed by atoms with E-state index in [0.29, 0.717) is 23.6 Å². The number of halogens is 1. The minimum absolute atomic E-state index is 0.162. The van der Waals surface area contributed by atoms with Crippen molar-refractivity contribution in [3.63, 3.8) is 0 Å². The van der Waals surface area contributed by atoms with Crippen molar-refractivity contribution in [1.29, 1.82) is 0 Å². The number of hydrogen-bond donors (Lipinski definition) is 0. The molecule has 1 aliphatic rings. The van der Waals surface area contributed by atoms with Crippen molar-refractivity contribution in [3.8, 4) is 17.0 Å². The Morgan fingerprint density at radius 3 is 2.77 bits per heavy atom. The minimum Gasteiger partial charge on any atom is -0.479 e. The first-order valence-electron chi connectivity index (χ1n) is 9.81. The van der Waals surface area contributed by atoms with Crippen LogP contribution in [0.3, 0.4) is 0 Å². The van der Waals surface area contributed by atoms with Gasteiger partial charge in [0.25, 0.3) is 5.91 Å². The quantitative estimate of drug-likeness (QED) is 0.517. The Hall–Kier alpha value is -3.10. The molecule has 1 aromatic heterocycles. The summed E-state index contributed by atoms with van der Waals surface area (Å²) in [6, 6.07) is 10.8. The number of nitrogens with zero attached hydrogens (tertiary/aromatic N) is 2. The predicted octanol–water partition coefficient (Wildman–Crippen LogP) is 4.13. The molecule has 1 unspecified atom stereocenters. The lowest BCUT2D eigenvalue weighted by Crippen LogP contribution is -2.46. The second-order valence-corrected chi connectivity index (χ2v) is 8.11. The fraction of sp³-hybridized carbons (Fsp3) is 0.261. The van der Waals surface area contributed by atoms with Gasteiger partial charge in [-0.2, -0.15) is 0 Å². The number of methoxy groups -OCH3 is 1. The van der Waals surface area contributed by atoms with Crippen LogP contribution in [0.5, 0.6) is 5.75 Å². The number of thiazole rings is 1. The predicted molar refractivity (Wildman–Crippen MR) is 116 cm³/mol. The number of carbonyl (C=O) groups is 2. The van der Waals surface area contributed by atoms with Crippen molar-refractivity contribution in [2.45, 2.75) is 19.4 Å². The lowest BCUT2D eigenvalue weighted by molar-refractivity contribution is -0.125. The van der Waals surface area contributed by atoms with Crippen molar-refractivity contribution in [1.82, 2.24) is 4.98 Å². The van der Waals surface area contributed by atoms with E-state index in [9.17, 15) is 14.0 Å². The molecule has 0 fully saturated rings. The van der Waals surface area contributed by atoms with Crippen LogP contribution in [0.2, 0.25) is 0 Å².